The van der Waals surface area contributed by atoms with Gasteiger partial charge in [0.2, 0.25) is 0 Å². The van der Waals surface area contributed by atoms with Crippen LogP contribution in [-0.4, -0.2) is 31.1 Å². The Labute approximate surface area is 270 Å². The molecule has 0 fully saturated rings. The van der Waals surface area contributed by atoms with Gasteiger partial charge in [-0.3, -0.25) is 14.9 Å². The van der Waals surface area contributed by atoms with E-state index in [1.165, 1.54) is 16.7 Å². The maximum Gasteiger partial charge on any atom is 0.321 e. The Balaban J connectivity index is 1.34. The van der Waals surface area contributed by atoms with Gasteiger partial charge in [-0.15, -0.1) is 0 Å². The van der Waals surface area contributed by atoms with Crippen molar-refractivity contribution in [3.63, 3.8) is 0 Å². The molecule has 7 rings (SSSR count). The minimum atomic E-state index is -1.04. The predicted molar refractivity (Wildman–Crippen MR) is 181 cm³/mol. The number of carboxylic acids is 1. The summed E-state index contributed by atoms with van der Waals surface area (Å²) in [5, 5.41) is 14.9. The highest BCUT2D eigenvalue weighted by Gasteiger charge is 2.40. The maximum atomic E-state index is 14.1. The van der Waals surface area contributed by atoms with Crippen molar-refractivity contribution in [1.82, 2.24) is 19.3 Å². The van der Waals surface area contributed by atoms with Crippen molar-refractivity contribution >= 4 is 22.5 Å². The molecular weight excluding hydrogens is 591 g/mol. The molecule has 0 unspecified atom stereocenters. The second-order valence-corrected chi connectivity index (χ2v) is 11.6. The van der Waals surface area contributed by atoms with Crippen molar-refractivity contribution in [2.75, 3.05) is 0 Å². The molecule has 0 saturated heterocycles. The fourth-order valence-corrected chi connectivity index (χ4v) is 6.58. The van der Waals surface area contributed by atoms with E-state index in [1.807, 2.05) is 101 Å². The molecule has 0 aliphatic carbocycles. The molecule has 1 atom stereocenters. The third-order valence-electron chi connectivity index (χ3n) is 8.83. The Morgan fingerprint density at radius 2 is 1.43 bits per heavy atom. The van der Waals surface area contributed by atoms with E-state index >= 15 is 0 Å². The number of carboxylic acid groups (broad SMARTS) is 1. The number of aryl methyl sites for hydroxylation is 1. The molecule has 2 N–H and O–H groups in total. The van der Waals surface area contributed by atoms with E-state index in [1.54, 1.807) is 37.6 Å². The number of carbonyl (C=O) groups is 1. The minimum absolute atomic E-state index is 0.109. The summed E-state index contributed by atoms with van der Waals surface area (Å²) in [6.45, 7) is 0. The second-order valence-electron chi connectivity index (χ2n) is 11.6. The Bertz CT molecular complexity index is 2190. The largest absolute Gasteiger partial charge is 0.480 e. The standard InChI is InChI=1S/C39H31FN4O3/c1-43-35-20-17-30(40)23-26(35)24-33(37(43)45)32-19-18-31(44-22-21-41-36(32)44)25-34(38(46)47)42-39(27-11-5-2-6-12-27,28-13-7-3-8-14-28)29-15-9-4-10-16-29/h2-24,34,42H,25H2,1H3,(H,46,47)/t34-/m0/s1. The molecular formula is C39H31FN4O3. The molecule has 0 saturated carbocycles. The highest BCUT2D eigenvalue weighted by molar-refractivity contribution is 5.87. The molecule has 0 aliphatic heterocycles. The predicted octanol–water partition coefficient (Wildman–Crippen LogP) is 6.57. The summed E-state index contributed by atoms with van der Waals surface area (Å²) < 4.78 is 17.4. The Morgan fingerprint density at radius 3 is 2.00 bits per heavy atom. The summed E-state index contributed by atoms with van der Waals surface area (Å²) in [5.41, 5.74) is 4.20. The van der Waals surface area contributed by atoms with Gasteiger partial charge in [-0.1, -0.05) is 91.0 Å². The number of aromatic nitrogens is 3. The SMILES string of the molecule is Cn1c(=O)c(-c2ccc(C[C@H](NC(c3ccccc3)(c3ccccc3)c3ccccc3)C(=O)O)n3ccnc23)cc2cc(F)ccc21. The summed E-state index contributed by atoms with van der Waals surface area (Å²) in [4.78, 5) is 31.2. The molecule has 3 aromatic heterocycles. The van der Waals surface area contributed by atoms with E-state index in [4.69, 9.17) is 0 Å². The van der Waals surface area contributed by atoms with Crippen LogP contribution in [0.25, 0.3) is 27.7 Å². The number of rotatable bonds is 9. The van der Waals surface area contributed by atoms with Crippen LogP contribution in [0.1, 0.15) is 22.4 Å². The first-order valence-corrected chi connectivity index (χ1v) is 15.3. The number of aliphatic carboxylic acids is 1. The molecule has 47 heavy (non-hydrogen) atoms. The lowest BCUT2D eigenvalue weighted by Crippen LogP contribution is -2.53. The topological polar surface area (TPSA) is 88.6 Å². The van der Waals surface area contributed by atoms with Crippen LogP contribution >= 0.6 is 0 Å². The lowest BCUT2D eigenvalue weighted by molar-refractivity contribution is -0.139. The van der Waals surface area contributed by atoms with Gasteiger partial charge in [0, 0.05) is 42.5 Å². The fraction of sp³-hybridized carbons (Fsp3) is 0.103. The van der Waals surface area contributed by atoms with Crippen molar-refractivity contribution in [2.45, 2.75) is 18.0 Å². The lowest BCUT2D eigenvalue weighted by Gasteiger charge is -2.39. The molecule has 0 amide bonds. The van der Waals surface area contributed by atoms with Crippen molar-refractivity contribution in [2.24, 2.45) is 7.05 Å². The van der Waals surface area contributed by atoms with Gasteiger partial charge in [0.15, 0.2) is 0 Å². The van der Waals surface area contributed by atoms with Crippen molar-refractivity contribution in [1.29, 1.82) is 0 Å². The molecule has 0 bridgehead atoms. The number of fused-ring (bicyclic) bond motifs is 2. The van der Waals surface area contributed by atoms with Gasteiger partial charge < -0.3 is 14.1 Å². The second kappa shape index (κ2) is 12.2. The van der Waals surface area contributed by atoms with Gasteiger partial charge >= 0.3 is 5.97 Å². The molecule has 3 heterocycles. The van der Waals surface area contributed by atoms with Crippen LogP contribution in [0.3, 0.4) is 0 Å². The molecule has 8 heteroatoms. The maximum absolute atomic E-state index is 14.1. The van der Waals surface area contributed by atoms with E-state index in [0.29, 0.717) is 33.4 Å². The molecule has 0 aliphatic rings. The number of nitrogens with one attached hydrogen (secondary N) is 1. The molecule has 7 aromatic rings. The Hall–Kier alpha value is -5.86. The number of pyridine rings is 2. The number of nitrogens with zero attached hydrogens (tertiary/aromatic N) is 3. The van der Waals surface area contributed by atoms with E-state index in [0.717, 1.165) is 16.7 Å². The van der Waals surface area contributed by atoms with Crippen LogP contribution in [0.2, 0.25) is 0 Å². The average Bonchev–Trinajstić information content (AvgIpc) is 3.60. The Kier molecular flexibility index (Phi) is 7.71. The zero-order valence-corrected chi connectivity index (χ0v) is 25.5. The summed E-state index contributed by atoms with van der Waals surface area (Å²) in [7, 11) is 1.66. The Morgan fingerprint density at radius 1 is 0.830 bits per heavy atom. The van der Waals surface area contributed by atoms with E-state index in [2.05, 4.69) is 10.3 Å². The zero-order chi connectivity index (χ0) is 32.5. The third kappa shape index (κ3) is 5.28. The van der Waals surface area contributed by atoms with Gasteiger partial charge in [-0.2, -0.15) is 0 Å². The van der Waals surface area contributed by atoms with Gasteiger partial charge in [0.05, 0.1) is 16.6 Å². The summed E-state index contributed by atoms with van der Waals surface area (Å²) in [5.74, 6) is -1.41. The van der Waals surface area contributed by atoms with Crippen LogP contribution in [0, 0.1) is 5.82 Å². The number of halogens is 1. The van der Waals surface area contributed by atoms with Crippen molar-refractivity contribution in [3.8, 4) is 11.1 Å². The van der Waals surface area contributed by atoms with Gasteiger partial charge in [-0.05, 0) is 53.1 Å². The van der Waals surface area contributed by atoms with E-state index < -0.39 is 23.4 Å². The van der Waals surface area contributed by atoms with Crippen molar-refractivity contribution in [3.05, 3.63) is 178 Å². The number of imidazole rings is 1. The summed E-state index contributed by atoms with van der Waals surface area (Å²) in [6.07, 6.45) is 3.49. The molecule has 7 nitrogen and oxygen atoms in total. The monoisotopic (exact) mass is 622 g/mol. The van der Waals surface area contributed by atoms with Crippen molar-refractivity contribution < 1.29 is 14.3 Å². The van der Waals surface area contributed by atoms with Crippen LogP contribution in [0.15, 0.2) is 145 Å². The highest BCUT2D eigenvalue weighted by Crippen LogP contribution is 2.38. The van der Waals surface area contributed by atoms with Crippen LogP contribution in [0.4, 0.5) is 4.39 Å². The third-order valence-corrected chi connectivity index (χ3v) is 8.83. The molecule has 0 radical (unpaired) electrons. The molecule has 0 spiro atoms. The molecule has 4 aromatic carbocycles. The fourth-order valence-electron chi connectivity index (χ4n) is 6.58. The van der Waals surface area contributed by atoms with E-state index in [9.17, 15) is 19.1 Å². The molecule has 232 valence electrons. The van der Waals surface area contributed by atoms with Crippen LogP contribution in [0.5, 0.6) is 0 Å². The quantitative estimate of drug-likeness (QED) is 0.178. The first kappa shape index (κ1) is 29.8. The smallest absolute Gasteiger partial charge is 0.321 e. The number of hydrogen-bond donors (Lipinski definition) is 2. The number of benzene rings is 4. The average molecular weight is 623 g/mol. The first-order chi connectivity index (χ1) is 22.9. The zero-order valence-electron chi connectivity index (χ0n) is 25.5. The summed E-state index contributed by atoms with van der Waals surface area (Å²) in [6, 6.07) is 38.1. The van der Waals surface area contributed by atoms with Gasteiger partial charge in [0.25, 0.3) is 5.56 Å². The van der Waals surface area contributed by atoms with E-state index in [-0.39, 0.29) is 12.0 Å². The normalized spacial score (nSPS) is 12.4. The number of hydrogen-bond acceptors (Lipinski definition) is 4. The van der Waals surface area contributed by atoms with Gasteiger partial charge in [0.1, 0.15) is 17.5 Å². The van der Waals surface area contributed by atoms with Gasteiger partial charge in [-0.25, -0.2) is 9.37 Å². The lowest BCUT2D eigenvalue weighted by atomic mass is 9.76. The van der Waals surface area contributed by atoms with Crippen LogP contribution < -0.4 is 10.9 Å². The van der Waals surface area contributed by atoms with Crippen LogP contribution in [-0.2, 0) is 23.8 Å². The summed E-state index contributed by atoms with van der Waals surface area (Å²) >= 11 is 0. The first-order valence-electron chi connectivity index (χ1n) is 15.3. The minimum Gasteiger partial charge on any atom is -0.480 e. The highest BCUT2D eigenvalue weighted by atomic mass is 19.1.